The van der Waals surface area contributed by atoms with Crippen molar-refractivity contribution in [2.45, 2.75) is 58.0 Å². The number of phenols is 1. The van der Waals surface area contributed by atoms with Crippen LogP contribution in [0.15, 0.2) is 48.5 Å². The van der Waals surface area contributed by atoms with Crippen LogP contribution >= 0.6 is 0 Å². The molecule has 0 aliphatic rings. The predicted octanol–water partition coefficient (Wildman–Crippen LogP) is 4.79. The Morgan fingerprint density at radius 1 is 1.06 bits per heavy atom. The zero-order chi connectivity index (χ0) is 23.9. The molecule has 0 radical (unpaired) electrons. The molecule has 2 aromatic carbocycles. The average Bonchev–Trinajstić information content (AvgIpc) is 2.73. The van der Waals surface area contributed by atoms with Crippen LogP contribution in [0.3, 0.4) is 0 Å². The summed E-state index contributed by atoms with van der Waals surface area (Å²) in [5.74, 6) is -0.200. The third kappa shape index (κ3) is 7.02. The van der Waals surface area contributed by atoms with Gasteiger partial charge in [-0.25, -0.2) is 9.59 Å². The molecule has 0 saturated heterocycles. The van der Waals surface area contributed by atoms with E-state index in [9.17, 15) is 14.7 Å². The van der Waals surface area contributed by atoms with Gasteiger partial charge in [0.1, 0.15) is 18.4 Å². The molecule has 0 fully saturated rings. The molecule has 0 saturated carbocycles. The number of carbonyl (C=O) groups is 2. The lowest BCUT2D eigenvalue weighted by Gasteiger charge is -2.36. The van der Waals surface area contributed by atoms with Crippen LogP contribution in [-0.2, 0) is 27.3 Å². The fraction of sp³-hybridized carbons (Fsp3) is 0.417. The summed E-state index contributed by atoms with van der Waals surface area (Å²) in [6.07, 6.45) is -0.567. The molecule has 0 aliphatic carbocycles. The lowest BCUT2D eigenvalue weighted by molar-refractivity contribution is -0.143. The molecule has 1 atom stereocenters. The van der Waals surface area contributed by atoms with Gasteiger partial charge < -0.3 is 24.3 Å². The second-order valence-electron chi connectivity index (χ2n) is 9.15. The third-order valence-corrected chi connectivity index (χ3v) is 9.97. The maximum atomic E-state index is 12.3. The Labute approximate surface area is 190 Å². The van der Waals surface area contributed by atoms with Crippen molar-refractivity contribution in [3.8, 4) is 11.5 Å². The highest BCUT2D eigenvalue weighted by Crippen LogP contribution is 2.40. The van der Waals surface area contributed by atoms with E-state index in [4.69, 9.17) is 13.9 Å². The Hall–Kier alpha value is -3.00. The molecular weight excluding hydrogens is 426 g/mol. The number of carbonyl (C=O) groups excluding carboxylic acids is 2. The summed E-state index contributed by atoms with van der Waals surface area (Å²) in [7, 11) is -0.920. The number of methoxy groups -OCH3 is 1. The van der Waals surface area contributed by atoms with Gasteiger partial charge in [0.05, 0.1) is 7.11 Å². The number of rotatable bonds is 8. The van der Waals surface area contributed by atoms with E-state index in [0.717, 1.165) is 5.56 Å². The second kappa shape index (κ2) is 10.5. The Morgan fingerprint density at radius 3 is 2.31 bits per heavy atom. The fourth-order valence-electron chi connectivity index (χ4n) is 2.67. The number of esters is 1. The molecule has 1 amide bonds. The Kier molecular flexibility index (Phi) is 8.32. The summed E-state index contributed by atoms with van der Waals surface area (Å²) in [6, 6.07) is 13.2. The minimum absolute atomic E-state index is 0.0309. The summed E-state index contributed by atoms with van der Waals surface area (Å²) in [5.41, 5.74) is 1.54. The molecule has 2 rings (SSSR count). The lowest BCUT2D eigenvalue weighted by Crippen LogP contribution is -2.44. The van der Waals surface area contributed by atoms with Gasteiger partial charge in [-0.2, -0.15) is 0 Å². The molecule has 8 heteroatoms. The molecule has 2 N–H and O–H groups in total. The van der Waals surface area contributed by atoms with Crippen molar-refractivity contribution in [1.29, 1.82) is 0 Å². The lowest BCUT2D eigenvalue weighted by atomic mass is 10.1. The zero-order valence-electron chi connectivity index (χ0n) is 19.6. The number of hydrogen-bond acceptors (Lipinski definition) is 6. The number of phenolic OH excluding ortho intramolecular Hbond substituents is 1. The second-order valence-corrected chi connectivity index (χ2v) is 13.9. The fourth-order valence-corrected chi connectivity index (χ4v) is 3.69. The van der Waals surface area contributed by atoms with E-state index in [1.807, 2.05) is 30.3 Å². The van der Waals surface area contributed by atoms with Crippen LogP contribution in [0.4, 0.5) is 4.79 Å². The number of ether oxygens (including phenoxy) is 2. The van der Waals surface area contributed by atoms with Gasteiger partial charge in [-0.1, -0.05) is 57.2 Å². The quantitative estimate of drug-likeness (QED) is 0.436. The van der Waals surface area contributed by atoms with Crippen molar-refractivity contribution in [2.75, 3.05) is 7.11 Å². The minimum Gasteiger partial charge on any atom is -0.541 e. The topological polar surface area (TPSA) is 94.1 Å². The van der Waals surface area contributed by atoms with Crippen LogP contribution in [0.25, 0.3) is 0 Å². The van der Waals surface area contributed by atoms with Crippen LogP contribution in [0.1, 0.15) is 31.9 Å². The number of alkyl carbamates (subject to hydrolysis) is 1. The van der Waals surface area contributed by atoms with Gasteiger partial charge in [0.25, 0.3) is 8.32 Å². The Bertz CT molecular complexity index is 924. The molecule has 7 nitrogen and oxygen atoms in total. The molecule has 0 bridgehead atoms. The summed E-state index contributed by atoms with van der Waals surface area (Å²) in [6.45, 7) is 10.6. The number of amides is 1. The molecule has 0 spiro atoms. The van der Waals surface area contributed by atoms with Gasteiger partial charge in [0, 0.05) is 6.42 Å². The summed E-state index contributed by atoms with van der Waals surface area (Å²) < 4.78 is 16.3. The first-order chi connectivity index (χ1) is 14.9. The van der Waals surface area contributed by atoms with Gasteiger partial charge in [-0.05, 0) is 41.4 Å². The van der Waals surface area contributed by atoms with E-state index in [2.05, 4.69) is 39.2 Å². The Balaban J connectivity index is 2.11. The zero-order valence-corrected chi connectivity index (χ0v) is 20.6. The van der Waals surface area contributed by atoms with Crippen molar-refractivity contribution < 1.29 is 28.6 Å². The van der Waals surface area contributed by atoms with Crippen molar-refractivity contribution in [3.63, 3.8) is 0 Å². The van der Waals surface area contributed by atoms with Crippen molar-refractivity contribution in [2.24, 2.45) is 0 Å². The van der Waals surface area contributed by atoms with Crippen molar-refractivity contribution >= 4 is 20.4 Å². The van der Waals surface area contributed by atoms with Gasteiger partial charge in [0.15, 0.2) is 5.75 Å². The average molecular weight is 460 g/mol. The molecule has 2 aromatic rings. The summed E-state index contributed by atoms with van der Waals surface area (Å²) in [4.78, 5) is 24.5. The summed E-state index contributed by atoms with van der Waals surface area (Å²) >= 11 is 0. The van der Waals surface area contributed by atoms with E-state index in [1.165, 1.54) is 13.2 Å². The smallest absolute Gasteiger partial charge is 0.408 e. The third-order valence-electron chi connectivity index (χ3n) is 5.63. The molecule has 0 heterocycles. The molecule has 32 heavy (non-hydrogen) atoms. The number of aromatic hydroxyl groups is 1. The van der Waals surface area contributed by atoms with Crippen LogP contribution < -0.4 is 9.74 Å². The van der Waals surface area contributed by atoms with Crippen molar-refractivity contribution in [1.82, 2.24) is 5.32 Å². The first-order valence-corrected chi connectivity index (χ1v) is 13.4. The first-order valence-electron chi connectivity index (χ1n) is 10.5. The minimum atomic E-state index is -2.18. The van der Waals surface area contributed by atoms with Gasteiger partial charge in [-0.3, -0.25) is 0 Å². The SMILES string of the molecule is COC(=O)[C@H](Cc1ccc(O)c(O[Si](C)(C)C(C)(C)C)c1)NC(=O)OCc1ccccc1. The molecule has 174 valence electrons. The summed E-state index contributed by atoms with van der Waals surface area (Å²) in [5, 5.41) is 12.8. The predicted molar refractivity (Wildman–Crippen MR) is 125 cm³/mol. The van der Waals surface area contributed by atoms with Crippen LogP contribution in [-0.4, -0.2) is 38.6 Å². The number of nitrogens with one attached hydrogen (secondary N) is 1. The van der Waals surface area contributed by atoms with E-state index in [-0.39, 0.29) is 23.8 Å². The molecule has 0 unspecified atom stereocenters. The maximum absolute atomic E-state index is 12.3. The van der Waals surface area contributed by atoms with E-state index in [0.29, 0.717) is 11.3 Å². The number of hydrogen-bond donors (Lipinski definition) is 2. The molecule has 0 aliphatic heterocycles. The van der Waals surface area contributed by atoms with Gasteiger partial charge in [-0.15, -0.1) is 0 Å². The Morgan fingerprint density at radius 2 is 1.72 bits per heavy atom. The van der Waals surface area contributed by atoms with Gasteiger partial charge >= 0.3 is 12.1 Å². The highest BCUT2D eigenvalue weighted by Gasteiger charge is 2.39. The van der Waals surface area contributed by atoms with Crippen LogP contribution in [0.2, 0.25) is 18.1 Å². The maximum Gasteiger partial charge on any atom is 0.408 e. The van der Waals surface area contributed by atoms with E-state index in [1.54, 1.807) is 12.1 Å². The van der Waals surface area contributed by atoms with E-state index < -0.39 is 26.4 Å². The largest absolute Gasteiger partial charge is 0.541 e. The van der Waals surface area contributed by atoms with Crippen LogP contribution in [0.5, 0.6) is 11.5 Å². The highest BCUT2D eigenvalue weighted by molar-refractivity contribution is 6.74. The monoisotopic (exact) mass is 459 g/mol. The molecular formula is C24H33NO6Si. The van der Waals surface area contributed by atoms with Gasteiger partial charge in [0.2, 0.25) is 0 Å². The molecule has 0 aromatic heterocycles. The number of benzene rings is 2. The standard InChI is InChI=1S/C24H33NO6Si/c1-24(2,3)32(5,6)31-21-15-18(12-13-20(21)26)14-19(22(27)29-4)25-23(28)30-16-17-10-8-7-9-11-17/h7-13,15,19,26H,14,16H2,1-6H3,(H,25,28)/t19-/m0/s1. The van der Waals surface area contributed by atoms with Crippen molar-refractivity contribution in [3.05, 3.63) is 59.7 Å². The normalized spacial score (nSPS) is 12.6. The first kappa shape index (κ1) is 25.3. The van der Waals surface area contributed by atoms with E-state index >= 15 is 0 Å². The highest BCUT2D eigenvalue weighted by atomic mass is 28.4. The van der Waals surface area contributed by atoms with Crippen LogP contribution in [0, 0.1) is 0 Å².